The van der Waals surface area contributed by atoms with Crippen molar-refractivity contribution in [2.24, 2.45) is 0 Å². The van der Waals surface area contributed by atoms with Gasteiger partial charge in [0.2, 0.25) is 0 Å². The zero-order valence-electron chi connectivity index (χ0n) is 16.2. The number of nitrogens with zero attached hydrogens (tertiary/aromatic N) is 1. The highest BCUT2D eigenvalue weighted by Crippen LogP contribution is 2.28. The van der Waals surface area contributed by atoms with Crippen LogP contribution in [0.15, 0.2) is 42.5 Å². The molecule has 1 heterocycles. The molecular formula is C21H21N3O5. The van der Waals surface area contributed by atoms with Gasteiger partial charge >= 0.3 is 12.1 Å². The minimum Gasteiger partial charge on any atom is -0.497 e. The molecule has 3 rings (SSSR count). The number of rotatable bonds is 5. The van der Waals surface area contributed by atoms with Crippen molar-refractivity contribution in [1.82, 2.24) is 5.32 Å². The average molecular weight is 395 g/mol. The number of anilines is 2. The molecule has 150 valence electrons. The maximum atomic E-state index is 12.0. The molecule has 0 atom stereocenters. The molecule has 0 aromatic heterocycles. The summed E-state index contributed by atoms with van der Waals surface area (Å²) in [7, 11) is 3.07. The van der Waals surface area contributed by atoms with Gasteiger partial charge in [-0.3, -0.25) is 4.90 Å². The van der Waals surface area contributed by atoms with Crippen LogP contribution >= 0.6 is 0 Å². The van der Waals surface area contributed by atoms with E-state index in [-0.39, 0.29) is 12.6 Å². The van der Waals surface area contributed by atoms with Gasteiger partial charge in [-0.1, -0.05) is 11.8 Å². The Morgan fingerprint density at radius 3 is 2.62 bits per heavy atom. The molecule has 1 saturated heterocycles. The lowest BCUT2D eigenvalue weighted by Crippen LogP contribution is -2.29. The fourth-order valence-electron chi connectivity index (χ4n) is 2.69. The van der Waals surface area contributed by atoms with E-state index in [1.807, 2.05) is 24.3 Å². The second-order valence-electron chi connectivity index (χ2n) is 5.99. The fourth-order valence-corrected chi connectivity index (χ4v) is 2.69. The molecule has 3 amide bonds. The summed E-state index contributed by atoms with van der Waals surface area (Å²) in [5.74, 6) is 6.97. The van der Waals surface area contributed by atoms with Crippen LogP contribution < -0.4 is 25.0 Å². The first-order valence-corrected chi connectivity index (χ1v) is 8.91. The molecule has 0 saturated carbocycles. The molecule has 29 heavy (non-hydrogen) atoms. The van der Waals surface area contributed by atoms with Crippen LogP contribution in [0.3, 0.4) is 0 Å². The summed E-state index contributed by atoms with van der Waals surface area (Å²) in [6, 6.07) is 12.0. The smallest absolute Gasteiger partial charge is 0.414 e. The first kappa shape index (κ1) is 19.9. The number of urea groups is 1. The largest absolute Gasteiger partial charge is 0.497 e. The van der Waals surface area contributed by atoms with E-state index in [2.05, 4.69) is 22.5 Å². The van der Waals surface area contributed by atoms with E-state index >= 15 is 0 Å². The molecule has 0 radical (unpaired) electrons. The van der Waals surface area contributed by atoms with Gasteiger partial charge in [0.25, 0.3) is 0 Å². The molecule has 0 spiro atoms. The third-order valence-corrected chi connectivity index (χ3v) is 4.17. The molecule has 8 heteroatoms. The van der Waals surface area contributed by atoms with Gasteiger partial charge in [-0.05, 0) is 36.4 Å². The van der Waals surface area contributed by atoms with Crippen LogP contribution in [0.25, 0.3) is 0 Å². The lowest BCUT2D eigenvalue weighted by atomic mass is 10.2. The monoisotopic (exact) mass is 395 g/mol. The standard InChI is InChI=1S/C21H21N3O5/c1-27-17-9-10-18(19(14-17)28-2)23-20(25)22-11-3-4-15-5-7-16(8-6-15)24-12-13-29-21(24)26/h5-10,14H,11-13H2,1-2H3,(H2,22,23,25). The van der Waals surface area contributed by atoms with E-state index < -0.39 is 6.03 Å². The quantitative estimate of drug-likeness (QED) is 0.760. The first-order chi connectivity index (χ1) is 14.1. The summed E-state index contributed by atoms with van der Waals surface area (Å²) < 4.78 is 15.3. The van der Waals surface area contributed by atoms with Gasteiger partial charge < -0.3 is 24.8 Å². The topological polar surface area (TPSA) is 89.1 Å². The Labute approximate surface area is 168 Å². The molecule has 0 bridgehead atoms. The van der Waals surface area contributed by atoms with Crippen molar-refractivity contribution in [1.29, 1.82) is 0 Å². The van der Waals surface area contributed by atoms with Crippen molar-refractivity contribution in [3.05, 3.63) is 48.0 Å². The van der Waals surface area contributed by atoms with Crippen molar-refractivity contribution in [2.45, 2.75) is 0 Å². The van der Waals surface area contributed by atoms with E-state index in [4.69, 9.17) is 14.2 Å². The Morgan fingerprint density at radius 2 is 1.97 bits per heavy atom. The van der Waals surface area contributed by atoms with E-state index in [1.165, 1.54) is 7.11 Å². The Morgan fingerprint density at radius 1 is 1.17 bits per heavy atom. The molecular weight excluding hydrogens is 374 g/mol. The van der Waals surface area contributed by atoms with Gasteiger partial charge in [-0.15, -0.1) is 0 Å². The lowest BCUT2D eigenvalue weighted by molar-refractivity contribution is 0.181. The van der Waals surface area contributed by atoms with Gasteiger partial charge in [0, 0.05) is 17.3 Å². The Bertz CT molecular complexity index is 947. The van der Waals surface area contributed by atoms with Crippen molar-refractivity contribution in [2.75, 3.05) is 44.1 Å². The number of hydrogen-bond acceptors (Lipinski definition) is 5. The van der Waals surface area contributed by atoms with Crippen LogP contribution in [0.2, 0.25) is 0 Å². The highest BCUT2D eigenvalue weighted by Gasteiger charge is 2.23. The number of cyclic esters (lactones) is 1. The Balaban J connectivity index is 1.51. The number of amides is 3. The number of hydrogen-bond donors (Lipinski definition) is 2. The molecule has 2 N–H and O–H groups in total. The molecule has 1 aliphatic rings. The number of benzene rings is 2. The van der Waals surface area contributed by atoms with Crippen molar-refractivity contribution >= 4 is 23.5 Å². The number of carbonyl (C=O) groups is 2. The van der Waals surface area contributed by atoms with E-state index in [1.54, 1.807) is 30.2 Å². The van der Waals surface area contributed by atoms with Gasteiger partial charge in [0.1, 0.15) is 18.1 Å². The highest BCUT2D eigenvalue weighted by molar-refractivity contribution is 5.91. The minimum absolute atomic E-state index is 0.171. The van der Waals surface area contributed by atoms with Crippen molar-refractivity contribution < 1.29 is 23.8 Å². The van der Waals surface area contributed by atoms with Gasteiger partial charge in [0.05, 0.1) is 33.0 Å². The molecule has 2 aromatic carbocycles. The van der Waals surface area contributed by atoms with E-state index in [9.17, 15) is 9.59 Å². The summed E-state index contributed by atoms with van der Waals surface area (Å²) in [5.41, 5.74) is 2.07. The van der Waals surface area contributed by atoms with E-state index in [0.717, 1.165) is 11.3 Å². The Kier molecular flexibility index (Phi) is 6.43. The molecule has 1 fully saturated rings. The summed E-state index contributed by atoms with van der Waals surface area (Å²) in [5, 5.41) is 5.37. The second kappa shape index (κ2) is 9.37. The van der Waals surface area contributed by atoms with Crippen LogP contribution in [0.5, 0.6) is 11.5 Å². The van der Waals surface area contributed by atoms with Crippen LogP contribution in [-0.2, 0) is 4.74 Å². The van der Waals surface area contributed by atoms with Crippen LogP contribution in [0.4, 0.5) is 21.0 Å². The fraction of sp³-hybridized carbons (Fsp3) is 0.238. The van der Waals surface area contributed by atoms with E-state index in [0.29, 0.717) is 30.3 Å². The maximum Gasteiger partial charge on any atom is 0.414 e. The van der Waals surface area contributed by atoms with Crippen LogP contribution in [0, 0.1) is 11.8 Å². The minimum atomic E-state index is -0.398. The third kappa shape index (κ3) is 5.11. The van der Waals surface area contributed by atoms with Crippen LogP contribution in [0.1, 0.15) is 5.56 Å². The highest BCUT2D eigenvalue weighted by atomic mass is 16.6. The zero-order chi connectivity index (χ0) is 20.6. The zero-order valence-corrected chi connectivity index (χ0v) is 16.2. The predicted molar refractivity (Wildman–Crippen MR) is 109 cm³/mol. The number of carbonyl (C=O) groups excluding carboxylic acids is 2. The molecule has 8 nitrogen and oxygen atoms in total. The second-order valence-corrected chi connectivity index (χ2v) is 5.99. The number of methoxy groups -OCH3 is 2. The average Bonchev–Trinajstić information content (AvgIpc) is 3.17. The number of ether oxygens (including phenoxy) is 3. The summed E-state index contributed by atoms with van der Waals surface area (Å²) >= 11 is 0. The molecule has 2 aromatic rings. The van der Waals surface area contributed by atoms with Gasteiger partial charge in [0.15, 0.2) is 0 Å². The van der Waals surface area contributed by atoms with Gasteiger partial charge in [-0.2, -0.15) is 0 Å². The first-order valence-electron chi connectivity index (χ1n) is 8.91. The maximum absolute atomic E-state index is 12.0. The molecule has 0 aliphatic carbocycles. The Hall–Kier alpha value is -3.86. The van der Waals surface area contributed by atoms with Crippen molar-refractivity contribution in [3.8, 4) is 23.3 Å². The van der Waals surface area contributed by atoms with Gasteiger partial charge in [-0.25, -0.2) is 9.59 Å². The predicted octanol–water partition coefficient (Wildman–Crippen LogP) is 2.83. The van der Waals surface area contributed by atoms with Crippen LogP contribution in [-0.4, -0.2) is 46.0 Å². The SMILES string of the molecule is COc1ccc(NC(=O)NCC#Cc2ccc(N3CCOC3=O)cc2)c(OC)c1. The van der Waals surface area contributed by atoms with Crippen molar-refractivity contribution in [3.63, 3.8) is 0 Å². The lowest BCUT2D eigenvalue weighted by Gasteiger charge is -2.12. The summed E-state index contributed by atoms with van der Waals surface area (Å²) in [6.07, 6.45) is -0.340. The normalized spacial score (nSPS) is 12.5. The molecule has 0 unspecified atom stereocenters. The third-order valence-electron chi connectivity index (χ3n) is 4.17. The summed E-state index contributed by atoms with van der Waals surface area (Å²) in [4.78, 5) is 25.2. The number of nitrogens with one attached hydrogen (secondary N) is 2. The molecule has 1 aliphatic heterocycles. The summed E-state index contributed by atoms with van der Waals surface area (Å²) in [6.45, 7) is 1.11.